The van der Waals surface area contributed by atoms with Crippen molar-refractivity contribution in [2.75, 3.05) is 18.1 Å². The van der Waals surface area contributed by atoms with Crippen LogP contribution < -0.4 is 4.90 Å². The molecular weight excluding hydrogens is 292 g/mol. The highest BCUT2D eigenvalue weighted by Crippen LogP contribution is 2.26. The molecule has 3 heterocycles. The fourth-order valence-corrected chi connectivity index (χ4v) is 2.89. The fraction of sp³-hybridized carbons (Fsp3) is 0.643. The Hall–Kier alpha value is -1.83. The summed E-state index contributed by atoms with van der Waals surface area (Å²) in [6.07, 6.45) is 2.55. The molecule has 0 radical (unpaired) electrons. The first-order valence-corrected chi connectivity index (χ1v) is 7.42. The molecule has 2 aromatic heterocycles. The summed E-state index contributed by atoms with van der Waals surface area (Å²) < 4.78 is 26.4. The predicted octanol–water partition coefficient (Wildman–Crippen LogP) is 1.69. The zero-order valence-electron chi connectivity index (χ0n) is 12.4. The number of anilines is 1. The molecule has 8 heteroatoms. The Balaban J connectivity index is 1.93. The van der Waals surface area contributed by atoms with Crippen molar-refractivity contribution in [1.29, 1.82) is 0 Å². The van der Waals surface area contributed by atoms with E-state index in [0.29, 0.717) is 23.5 Å². The van der Waals surface area contributed by atoms with Gasteiger partial charge in [-0.3, -0.25) is 0 Å². The second kappa shape index (κ2) is 6.12. The van der Waals surface area contributed by atoms with E-state index in [2.05, 4.69) is 26.9 Å². The molecule has 1 aliphatic heterocycles. The van der Waals surface area contributed by atoms with Gasteiger partial charge in [-0.2, -0.15) is 5.10 Å². The maximum Gasteiger partial charge on any atom is 0.258 e. The third kappa shape index (κ3) is 2.87. The Labute approximate surface area is 126 Å². The number of halogens is 2. The maximum atomic E-state index is 12.6. The molecule has 0 bridgehead atoms. The Morgan fingerprint density at radius 2 is 2.18 bits per heavy atom. The predicted molar refractivity (Wildman–Crippen MR) is 77.9 cm³/mol. The van der Waals surface area contributed by atoms with Crippen LogP contribution in [0.15, 0.2) is 12.4 Å². The van der Waals surface area contributed by atoms with Crippen LogP contribution in [0.25, 0.3) is 11.2 Å². The molecule has 2 atom stereocenters. The van der Waals surface area contributed by atoms with Gasteiger partial charge in [0.25, 0.3) is 6.43 Å². The third-order valence-corrected chi connectivity index (χ3v) is 4.18. The van der Waals surface area contributed by atoms with Crippen molar-refractivity contribution in [1.82, 2.24) is 19.7 Å². The van der Waals surface area contributed by atoms with Gasteiger partial charge in [-0.15, -0.1) is 0 Å². The average Bonchev–Trinajstić information content (AvgIpc) is 2.89. The van der Waals surface area contributed by atoms with E-state index < -0.39 is 13.0 Å². The molecule has 0 aromatic carbocycles. The van der Waals surface area contributed by atoms with Gasteiger partial charge in [-0.1, -0.05) is 0 Å². The van der Waals surface area contributed by atoms with E-state index in [1.807, 2.05) is 0 Å². The highest BCUT2D eigenvalue weighted by Gasteiger charge is 2.26. The summed E-state index contributed by atoms with van der Waals surface area (Å²) >= 11 is 0. The van der Waals surface area contributed by atoms with Gasteiger partial charge in [0.1, 0.15) is 17.9 Å². The average molecular weight is 311 g/mol. The number of aliphatic hydroxyl groups is 1. The van der Waals surface area contributed by atoms with Crippen LogP contribution in [0.3, 0.4) is 0 Å². The van der Waals surface area contributed by atoms with Crippen molar-refractivity contribution in [3.8, 4) is 0 Å². The van der Waals surface area contributed by atoms with Gasteiger partial charge < -0.3 is 10.0 Å². The van der Waals surface area contributed by atoms with E-state index >= 15 is 0 Å². The summed E-state index contributed by atoms with van der Waals surface area (Å²) in [5.41, 5.74) is 0.879. The molecule has 120 valence electrons. The molecule has 0 spiro atoms. The standard InChI is InChI=1S/C14H19F2N5O/c1-9-2-3-10(8-22)6-20(9)13-5-17-11-4-18-21(7-12(15)16)14(11)19-13/h4-5,9-10,12,22H,2-3,6-8H2,1H3/t9-,10+/m1/s1. The monoisotopic (exact) mass is 311 g/mol. The van der Waals surface area contributed by atoms with E-state index in [1.54, 1.807) is 6.20 Å². The van der Waals surface area contributed by atoms with Crippen LogP contribution in [-0.2, 0) is 6.54 Å². The van der Waals surface area contributed by atoms with Gasteiger partial charge in [0.2, 0.25) is 0 Å². The van der Waals surface area contributed by atoms with Crippen molar-refractivity contribution in [3.63, 3.8) is 0 Å². The number of aliphatic hydroxyl groups excluding tert-OH is 1. The number of fused-ring (bicyclic) bond motifs is 1. The van der Waals surface area contributed by atoms with Gasteiger partial charge in [0, 0.05) is 19.2 Å². The van der Waals surface area contributed by atoms with E-state index in [9.17, 15) is 13.9 Å². The number of piperidine rings is 1. The number of hydrogen-bond donors (Lipinski definition) is 1. The number of rotatable bonds is 4. The highest BCUT2D eigenvalue weighted by atomic mass is 19.3. The molecular formula is C14H19F2N5O. The SMILES string of the molecule is C[C@@H]1CC[C@H](CO)CN1c1cnc2cnn(CC(F)F)c2n1. The zero-order chi connectivity index (χ0) is 15.7. The molecule has 2 aromatic rings. The molecule has 1 aliphatic rings. The summed E-state index contributed by atoms with van der Waals surface area (Å²) in [5.74, 6) is 0.855. The Morgan fingerprint density at radius 3 is 2.91 bits per heavy atom. The van der Waals surface area contributed by atoms with Gasteiger partial charge in [-0.05, 0) is 25.7 Å². The molecule has 1 fully saturated rings. The first-order chi connectivity index (χ1) is 10.6. The topological polar surface area (TPSA) is 67.1 Å². The van der Waals surface area contributed by atoms with Gasteiger partial charge in [0.05, 0.1) is 12.4 Å². The summed E-state index contributed by atoms with van der Waals surface area (Å²) in [6.45, 7) is 2.44. The Bertz CT molecular complexity index is 647. The molecule has 22 heavy (non-hydrogen) atoms. The van der Waals surface area contributed by atoms with Gasteiger partial charge in [0.15, 0.2) is 5.65 Å². The first kappa shape index (κ1) is 15.1. The van der Waals surface area contributed by atoms with Crippen LogP contribution in [0.4, 0.5) is 14.6 Å². The van der Waals surface area contributed by atoms with Crippen molar-refractivity contribution in [2.45, 2.75) is 38.8 Å². The zero-order valence-corrected chi connectivity index (χ0v) is 12.4. The van der Waals surface area contributed by atoms with Crippen LogP contribution in [0.2, 0.25) is 0 Å². The molecule has 6 nitrogen and oxygen atoms in total. The van der Waals surface area contributed by atoms with Crippen molar-refractivity contribution < 1.29 is 13.9 Å². The number of alkyl halides is 2. The van der Waals surface area contributed by atoms with Crippen LogP contribution in [-0.4, -0.2) is 50.5 Å². The second-order valence-electron chi connectivity index (χ2n) is 5.78. The van der Waals surface area contributed by atoms with Crippen molar-refractivity contribution in [3.05, 3.63) is 12.4 Å². The minimum Gasteiger partial charge on any atom is -0.396 e. The molecule has 1 saturated heterocycles. The lowest BCUT2D eigenvalue weighted by atomic mass is 9.94. The van der Waals surface area contributed by atoms with E-state index in [4.69, 9.17) is 0 Å². The molecule has 0 saturated carbocycles. The Morgan fingerprint density at radius 1 is 1.36 bits per heavy atom. The first-order valence-electron chi connectivity index (χ1n) is 7.42. The fourth-order valence-electron chi connectivity index (χ4n) is 2.89. The quantitative estimate of drug-likeness (QED) is 0.930. The van der Waals surface area contributed by atoms with Gasteiger partial charge in [-0.25, -0.2) is 23.4 Å². The van der Waals surface area contributed by atoms with Crippen LogP contribution >= 0.6 is 0 Å². The molecule has 0 aliphatic carbocycles. The van der Waals surface area contributed by atoms with Crippen LogP contribution in [0.1, 0.15) is 19.8 Å². The van der Waals surface area contributed by atoms with Crippen LogP contribution in [0.5, 0.6) is 0 Å². The second-order valence-corrected chi connectivity index (χ2v) is 5.78. The van der Waals surface area contributed by atoms with Crippen LogP contribution in [0, 0.1) is 5.92 Å². The molecule has 3 rings (SSSR count). The third-order valence-electron chi connectivity index (χ3n) is 4.18. The molecule has 0 unspecified atom stereocenters. The smallest absolute Gasteiger partial charge is 0.258 e. The minimum absolute atomic E-state index is 0.141. The van der Waals surface area contributed by atoms with Crippen molar-refractivity contribution in [2.24, 2.45) is 5.92 Å². The minimum atomic E-state index is -2.48. The number of nitrogens with zero attached hydrogens (tertiary/aromatic N) is 5. The van der Waals surface area contributed by atoms with E-state index in [1.165, 1.54) is 10.9 Å². The van der Waals surface area contributed by atoms with E-state index in [0.717, 1.165) is 12.8 Å². The summed E-state index contributed by atoms with van der Waals surface area (Å²) in [7, 11) is 0. The number of aromatic nitrogens is 4. The van der Waals surface area contributed by atoms with E-state index in [-0.39, 0.29) is 18.6 Å². The maximum absolute atomic E-state index is 12.6. The molecule has 0 amide bonds. The Kier molecular flexibility index (Phi) is 4.19. The normalized spacial score (nSPS) is 22.7. The largest absolute Gasteiger partial charge is 0.396 e. The summed E-state index contributed by atoms with van der Waals surface area (Å²) in [6, 6.07) is 0.279. The van der Waals surface area contributed by atoms with Gasteiger partial charge >= 0.3 is 0 Å². The lowest BCUT2D eigenvalue weighted by Crippen LogP contribution is -2.43. The lowest BCUT2D eigenvalue weighted by molar-refractivity contribution is 0.123. The molecule has 1 N–H and O–H groups in total. The lowest BCUT2D eigenvalue weighted by Gasteiger charge is -2.38. The summed E-state index contributed by atoms with van der Waals surface area (Å²) in [4.78, 5) is 10.8. The highest BCUT2D eigenvalue weighted by molar-refractivity contribution is 5.71. The summed E-state index contributed by atoms with van der Waals surface area (Å²) in [5, 5.41) is 13.3. The number of hydrogen-bond acceptors (Lipinski definition) is 5. The van der Waals surface area contributed by atoms with Crippen molar-refractivity contribution >= 4 is 17.0 Å².